The van der Waals surface area contributed by atoms with Crippen LogP contribution in [0.1, 0.15) is 24.2 Å². The van der Waals surface area contributed by atoms with Gasteiger partial charge in [-0.1, -0.05) is 0 Å². The first-order chi connectivity index (χ1) is 8.40. The summed E-state index contributed by atoms with van der Waals surface area (Å²) in [5.74, 6) is -2.39. The number of carboxylic acid groups (broad SMARTS) is 1. The maximum atomic E-state index is 12.8. The molecular weight excluding hydrogens is 241 g/mol. The van der Waals surface area contributed by atoms with Gasteiger partial charge in [-0.05, 0) is 19.9 Å². The second kappa shape index (κ2) is 5.95. The van der Waals surface area contributed by atoms with Crippen LogP contribution in [0.3, 0.4) is 0 Å². The van der Waals surface area contributed by atoms with Gasteiger partial charge in [0.15, 0.2) is 0 Å². The molecule has 18 heavy (non-hydrogen) atoms. The number of anilines is 1. The molecule has 1 rings (SSSR count). The van der Waals surface area contributed by atoms with Crippen LogP contribution >= 0.6 is 0 Å². The van der Waals surface area contributed by atoms with Crippen LogP contribution in [-0.4, -0.2) is 34.6 Å². The summed E-state index contributed by atoms with van der Waals surface area (Å²) in [5, 5.41) is 14.0. The van der Waals surface area contributed by atoms with Gasteiger partial charge in [0, 0.05) is 6.04 Å². The molecule has 0 aliphatic heterocycles. The van der Waals surface area contributed by atoms with E-state index in [-0.39, 0.29) is 29.9 Å². The lowest BCUT2D eigenvalue weighted by atomic mass is 10.2. The molecule has 0 radical (unpaired) electrons. The number of nitrogens with one attached hydrogen (secondary N) is 2. The zero-order valence-electron chi connectivity index (χ0n) is 10.0. The summed E-state index contributed by atoms with van der Waals surface area (Å²) in [4.78, 5) is 25.8. The molecule has 0 aliphatic rings. The van der Waals surface area contributed by atoms with E-state index in [0.29, 0.717) is 0 Å². The molecule has 3 N–H and O–H groups in total. The number of aromatic nitrogens is 1. The van der Waals surface area contributed by atoms with E-state index in [1.807, 2.05) is 0 Å². The number of aromatic carboxylic acids is 1. The molecular formula is C11H14FN3O3. The molecule has 1 heterocycles. The van der Waals surface area contributed by atoms with Gasteiger partial charge in [0.2, 0.25) is 5.91 Å². The minimum Gasteiger partial charge on any atom is -0.478 e. The third kappa shape index (κ3) is 4.00. The van der Waals surface area contributed by atoms with E-state index >= 15 is 0 Å². The van der Waals surface area contributed by atoms with Gasteiger partial charge in [-0.25, -0.2) is 14.2 Å². The standard InChI is InChI=1S/C11H14FN3O3/c1-6(2)15-9(16)5-14-10-8(11(17)18)3-7(12)4-13-10/h3-4,6H,5H2,1-2H3,(H,13,14)(H,15,16)(H,17,18). The summed E-state index contributed by atoms with van der Waals surface area (Å²) in [5.41, 5.74) is -0.313. The molecule has 0 atom stereocenters. The number of halogens is 1. The second-order valence-corrected chi connectivity index (χ2v) is 3.93. The largest absolute Gasteiger partial charge is 0.478 e. The Morgan fingerprint density at radius 1 is 1.50 bits per heavy atom. The summed E-state index contributed by atoms with van der Waals surface area (Å²) in [7, 11) is 0. The Kier molecular flexibility index (Phi) is 4.59. The zero-order chi connectivity index (χ0) is 13.7. The number of hydrogen-bond acceptors (Lipinski definition) is 4. The summed E-state index contributed by atoms with van der Waals surface area (Å²) in [6.07, 6.45) is 0.884. The van der Waals surface area contributed by atoms with Crippen LogP contribution < -0.4 is 10.6 Å². The Labute approximate surface area is 103 Å². The van der Waals surface area contributed by atoms with Gasteiger partial charge < -0.3 is 15.7 Å². The number of carbonyl (C=O) groups excluding carboxylic acids is 1. The van der Waals surface area contributed by atoms with Crippen LogP contribution in [0.25, 0.3) is 0 Å². The Morgan fingerprint density at radius 3 is 2.72 bits per heavy atom. The van der Waals surface area contributed by atoms with Crippen molar-refractivity contribution >= 4 is 17.7 Å². The van der Waals surface area contributed by atoms with Crippen molar-refractivity contribution in [2.75, 3.05) is 11.9 Å². The van der Waals surface area contributed by atoms with Gasteiger partial charge in [-0.2, -0.15) is 0 Å². The van der Waals surface area contributed by atoms with Crippen molar-refractivity contribution in [3.63, 3.8) is 0 Å². The average Bonchev–Trinajstić information content (AvgIpc) is 2.26. The quantitative estimate of drug-likeness (QED) is 0.725. The lowest BCUT2D eigenvalue weighted by molar-refractivity contribution is -0.119. The molecule has 1 aromatic heterocycles. The van der Waals surface area contributed by atoms with Gasteiger partial charge in [0.05, 0.1) is 12.7 Å². The fraction of sp³-hybridized carbons (Fsp3) is 0.364. The lowest BCUT2D eigenvalue weighted by Crippen LogP contribution is -2.35. The lowest BCUT2D eigenvalue weighted by Gasteiger charge is -2.10. The van der Waals surface area contributed by atoms with Crippen LogP contribution in [0.4, 0.5) is 10.2 Å². The van der Waals surface area contributed by atoms with Gasteiger partial charge in [-0.15, -0.1) is 0 Å². The van der Waals surface area contributed by atoms with E-state index in [2.05, 4.69) is 15.6 Å². The van der Waals surface area contributed by atoms with Gasteiger partial charge >= 0.3 is 5.97 Å². The number of rotatable bonds is 5. The SMILES string of the molecule is CC(C)NC(=O)CNc1ncc(F)cc1C(=O)O. The van der Waals surface area contributed by atoms with Gasteiger partial charge in [-0.3, -0.25) is 4.79 Å². The Morgan fingerprint density at radius 2 is 2.17 bits per heavy atom. The van der Waals surface area contributed by atoms with Crippen molar-refractivity contribution in [3.8, 4) is 0 Å². The van der Waals surface area contributed by atoms with Crippen LogP contribution in [0, 0.1) is 5.82 Å². The van der Waals surface area contributed by atoms with Crippen molar-refractivity contribution in [2.24, 2.45) is 0 Å². The first kappa shape index (κ1) is 13.9. The molecule has 6 nitrogen and oxygen atoms in total. The fourth-order valence-corrected chi connectivity index (χ4v) is 1.28. The minimum atomic E-state index is -1.31. The van der Waals surface area contributed by atoms with E-state index < -0.39 is 11.8 Å². The van der Waals surface area contributed by atoms with Crippen LogP contribution in [0.5, 0.6) is 0 Å². The third-order valence-electron chi connectivity index (χ3n) is 1.95. The van der Waals surface area contributed by atoms with Crippen LogP contribution in [0.2, 0.25) is 0 Å². The average molecular weight is 255 g/mol. The molecule has 98 valence electrons. The van der Waals surface area contributed by atoms with E-state index in [0.717, 1.165) is 12.3 Å². The summed E-state index contributed by atoms with van der Waals surface area (Å²) < 4.78 is 12.8. The number of carbonyl (C=O) groups is 2. The topological polar surface area (TPSA) is 91.3 Å². The van der Waals surface area contributed by atoms with E-state index in [4.69, 9.17) is 5.11 Å². The van der Waals surface area contributed by atoms with Gasteiger partial charge in [0.1, 0.15) is 17.2 Å². The van der Waals surface area contributed by atoms with Crippen LogP contribution in [-0.2, 0) is 4.79 Å². The summed E-state index contributed by atoms with van der Waals surface area (Å²) in [6, 6.07) is 0.831. The Bertz CT molecular complexity index is 463. The molecule has 0 saturated carbocycles. The number of hydrogen-bond donors (Lipinski definition) is 3. The molecule has 7 heteroatoms. The molecule has 0 spiro atoms. The van der Waals surface area contributed by atoms with Crippen molar-refractivity contribution in [1.29, 1.82) is 0 Å². The number of pyridine rings is 1. The molecule has 1 aromatic rings. The first-order valence-electron chi connectivity index (χ1n) is 5.32. The van der Waals surface area contributed by atoms with Crippen molar-refractivity contribution in [2.45, 2.75) is 19.9 Å². The summed E-state index contributed by atoms with van der Waals surface area (Å²) >= 11 is 0. The molecule has 0 unspecified atom stereocenters. The molecule has 1 amide bonds. The fourth-order valence-electron chi connectivity index (χ4n) is 1.28. The Balaban J connectivity index is 2.73. The molecule has 0 fully saturated rings. The highest BCUT2D eigenvalue weighted by molar-refractivity contribution is 5.93. The van der Waals surface area contributed by atoms with Gasteiger partial charge in [0.25, 0.3) is 0 Å². The molecule has 0 aromatic carbocycles. The number of amides is 1. The third-order valence-corrected chi connectivity index (χ3v) is 1.95. The highest BCUT2D eigenvalue weighted by atomic mass is 19.1. The minimum absolute atomic E-state index is 0.0144. The Hall–Kier alpha value is -2.18. The number of carboxylic acids is 1. The second-order valence-electron chi connectivity index (χ2n) is 3.93. The zero-order valence-corrected chi connectivity index (χ0v) is 10.0. The highest BCUT2D eigenvalue weighted by Gasteiger charge is 2.13. The normalized spacial score (nSPS) is 10.2. The maximum Gasteiger partial charge on any atom is 0.339 e. The summed E-state index contributed by atoms with van der Waals surface area (Å²) in [6.45, 7) is 3.48. The van der Waals surface area contributed by atoms with E-state index in [1.165, 1.54) is 0 Å². The first-order valence-corrected chi connectivity index (χ1v) is 5.32. The van der Waals surface area contributed by atoms with Crippen molar-refractivity contribution in [3.05, 3.63) is 23.6 Å². The van der Waals surface area contributed by atoms with E-state index in [1.54, 1.807) is 13.8 Å². The van der Waals surface area contributed by atoms with Crippen molar-refractivity contribution in [1.82, 2.24) is 10.3 Å². The monoisotopic (exact) mass is 255 g/mol. The van der Waals surface area contributed by atoms with Crippen LogP contribution in [0.15, 0.2) is 12.3 Å². The molecule has 0 bridgehead atoms. The predicted molar refractivity (Wildman–Crippen MR) is 62.9 cm³/mol. The predicted octanol–water partition coefficient (Wildman–Crippen LogP) is 0.855. The molecule has 0 saturated heterocycles. The van der Waals surface area contributed by atoms with Crippen molar-refractivity contribution < 1.29 is 19.1 Å². The maximum absolute atomic E-state index is 12.8. The highest BCUT2D eigenvalue weighted by Crippen LogP contribution is 2.13. The number of nitrogens with zero attached hydrogens (tertiary/aromatic N) is 1. The molecule has 0 aliphatic carbocycles. The smallest absolute Gasteiger partial charge is 0.339 e. The van der Waals surface area contributed by atoms with E-state index in [9.17, 15) is 14.0 Å².